The molecule has 0 aliphatic carbocycles. The minimum atomic E-state index is -4.76. The average Bonchev–Trinajstić information content (AvgIpc) is 2.48. The van der Waals surface area contributed by atoms with Crippen molar-refractivity contribution in [3.63, 3.8) is 0 Å². The molecule has 0 atom stereocenters. The smallest absolute Gasteiger partial charge is 0.339 e. The van der Waals surface area contributed by atoms with Crippen molar-refractivity contribution in [2.75, 3.05) is 0 Å². The maximum Gasteiger partial charge on any atom is 0.339 e. The first-order valence-electron chi connectivity index (χ1n) is 5.67. The van der Waals surface area contributed by atoms with E-state index in [-0.39, 0.29) is 0 Å². The van der Waals surface area contributed by atoms with E-state index < -0.39 is 49.8 Å². The first-order chi connectivity index (χ1) is 10.1. The van der Waals surface area contributed by atoms with Gasteiger partial charge in [-0.1, -0.05) is 12.1 Å². The van der Waals surface area contributed by atoms with Crippen molar-refractivity contribution in [3.05, 3.63) is 58.9 Å². The summed E-state index contributed by atoms with van der Waals surface area (Å²) in [6, 6.07) is 5.03. The second kappa shape index (κ2) is 5.56. The first kappa shape index (κ1) is 16.2. The minimum Gasteiger partial charge on any atom is -0.372 e. The van der Waals surface area contributed by atoms with Gasteiger partial charge in [0, 0.05) is 0 Å². The van der Waals surface area contributed by atoms with Crippen molar-refractivity contribution in [2.45, 2.75) is 11.8 Å². The Labute approximate surface area is 122 Å². The van der Waals surface area contributed by atoms with Crippen LogP contribution in [0.5, 0.6) is 5.75 Å². The lowest BCUT2D eigenvalue weighted by atomic mass is 10.2. The van der Waals surface area contributed by atoms with Crippen LogP contribution in [0.15, 0.2) is 29.2 Å². The number of halogens is 5. The highest BCUT2D eigenvalue weighted by molar-refractivity contribution is 7.87. The van der Waals surface area contributed by atoms with Gasteiger partial charge in [0.25, 0.3) is 0 Å². The molecule has 0 radical (unpaired) electrons. The van der Waals surface area contributed by atoms with Crippen LogP contribution in [0.4, 0.5) is 22.0 Å². The normalized spacial score (nSPS) is 11.5. The minimum absolute atomic E-state index is 0.488. The van der Waals surface area contributed by atoms with Crippen molar-refractivity contribution < 1.29 is 34.6 Å². The highest BCUT2D eigenvalue weighted by atomic mass is 32.2. The summed E-state index contributed by atoms with van der Waals surface area (Å²) in [5.41, 5.74) is 0.488. The Kier molecular flexibility index (Phi) is 4.10. The molecule has 0 aliphatic heterocycles. The fourth-order valence-corrected chi connectivity index (χ4v) is 2.62. The van der Waals surface area contributed by atoms with Crippen molar-refractivity contribution in [1.29, 1.82) is 0 Å². The molecule has 0 heterocycles. The lowest BCUT2D eigenvalue weighted by Crippen LogP contribution is -2.14. The standard InChI is InChI=1S/C13H7F5O3S/c1-6-3-2-4-7(5-6)22(19,20)21-13-11(17)9(15)8(14)10(16)12(13)18/h2-5H,1H3. The molecule has 0 spiro atoms. The fourth-order valence-electron chi connectivity index (χ4n) is 1.59. The number of hydrogen-bond acceptors (Lipinski definition) is 3. The third kappa shape index (κ3) is 2.76. The maximum atomic E-state index is 13.4. The molecule has 3 nitrogen and oxygen atoms in total. The Balaban J connectivity index is 2.56. The molecule has 2 aromatic carbocycles. The summed E-state index contributed by atoms with van der Waals surface area (Å²) in [7, 11) is -4.76. The highest BCUT2D eigenvalue weighted by Gasteiger charge is 2.30. The molecule has 0 aromatic heterocycles. The summed E-state index contributed by atoms with van der Waals surface area (Å²) in [4.78, 5) is -0.489. The molecule has 0 amide bonds. The highest BCUT2D eigenvalue weighted by Crippen LogP contribution is 2.31. The Morgan fingerprint density at radius 3 is 1.86 bits per heavy atom. The fraction of sp³-hybridized carbons (Fsp3) is 0.0769. The molecular formula is C13H7F5O3S. The van der Waals surface area contributed by atoms with Crippen molar-refractivity contribution in [2.24, 2.45) is 0 Å². The van der Waals surface area contributed by atoms with E-state index in [4.69, 9.17) is 0 Å². The van der Waals surface area contributed by atoms with Gasteiger partial charge in [-0.15, -0.1) is 0 Å². The van der Waals surface area contributed by atoms with Crippen LogP contribution in [0.3, 0.4) is 0 Å². The van der Waals surface area contributed by atoms with Gasteiger partial charge >= 0.3 is 10.1 Å². The second-order valence-electron chi connectivity index (χ2n) is 4.25. The summed E-state index contributed by atoms with van der Waals surface area (Å²) >= 11 is 0. The van der Waals surface area contributed by atoms with E-state index >= 15 is 0 Å². The van der Waals surface area contributed by atoms with Gasteiger partial charge in [-0.3, -0.25) is 0 Å². The molecule has 2 rings (SSSR count). The molecule has 0 bridgehead atoms. The summed E-state index contributed by atoms with van der Waals surface area (Å²) in [6.07, 6.45) is 0. The van der Waals surface area contributed by atoms with Crippen molar-refractivity contribution in [1.82, 2.24) is 0 Å². The molecule has 0 N–H and O–H groups in total. The summed E-state index contributed by atoms with van der Waals surface area (Å²) in [6.45, 7) is 1.54. The van der Waals surface area contributed by atoms with E-state index in [0.717, 1.165) is 12.1 Å². The molecule has 0 fully saturated rings. The van der Waals surface area contributed by atoms with Gasteiger partial charge in [-0.05, 0) is 24.6 Å². The third-order valence-corrected chi connectivity index (χ3v) is 3.86. The molecule has 0 unspecified atom stereocenters. The quantitative estimate of drug-likeness (QED) is 0.373. The average molecular weight is 338 g/mol. The molecular weight excluding hydrogens is 331 g/mol. The van der Waals surface area contributed by atoms with E-state index in [1.807, 2.05) is 0 Å². The summed E-state index contributed by atoms with van der Waals surface area (Å²) in [5, 5.41) is 0. The van der Waals surface area contributed by atoms with Crippen LogP contribution in [-0.2, 0) is 10.1 Å². The first-order valence-corrected chi connectivity index (χ1v) is 7.08. The Hall–Kier alpha value is -2.16. The van der Waals surface area contributed by atoms with Crippen LogP contribution >= 0.6 is 0 Å². The van der Waals surface area contributed by atoms with Crippen LogP contribution < -0.4 is 4.18 Å². The molecule has 0 saturated carbocycles. The number of aryl methyl sites for hydroxylation is 1. The molecule has 0 saturated heterocycles. The second-order valence-corrected chi connectivity index (χ2v) is 5.80. The molecule has 118 valence electrons. The molecule has 9 heteroatoms. The third-order valence-electron chi connectivity index (χ3n) is 2.64. The monoisotopic (exact) mass is 338 g/mol. The largest absolute Gasteiger partial charge is 0.372 e. The van der Waals surface area contributed by atoms with Gasteiger partial charge in [-0.2, -0.15) is 17.2 Å². The topological polar surface area (TPSA) is 43.4 Å². The lowest BCUT2D eigenvalue weighted by Gasteiger charge is -2.10. The van der Waals surface area contributed by atoms with Gasteiger partial charge in [-0.25, -0.2) is 13.2 Å². The zero-order chi connectivity index (χ0) is 16.7. The molecule has 22 heavy (non-hydrogen) atoms. The van der Waals surface area contributed by atoms with Crippen LogP contribution in [0.25, 0.3) is 0 Å². The van der Waals surface area contributed by atoms with Gasteiger partial charge < -0.3 is 4.18 Å². The van der Waals surface area contributed by atoms with Gasteiger partial charge in [0.05, 0.1) is 0 Å². The van der Waals surface area contributed by atoms with Gasteiger partial charge in [0.1, 0.15) is 4.90 Å². The predicted octanol–water partition coefficient (Wildman–Crippen LogP) is 3.46. The van der Waals surface area contributed by atoms with E-state index in [1.54, 1.807) is 0 Å². The molecule has 2 aromatic rings. The van der Waals surface area contributed by atoms with E-state index in [1.165, 1.54) is 19.1 Å². The number of rotatable bonds is 3. The zero-order valence-corrected chi connectivity index (χ0v) is 11.6. The van der Waals surface area contributed by atoms with Crippen molar-refractivity contribution in [3.8, 4) is 5.75 Å². The Morgan fingerprint density at radius 2 is 1.36 bits per heavy atom. The zero-order valence-electron chi connectivity index (χ0n) is 10.8. The van der Waals surface area contributed by atoms with Crippen LogP contribution in [0, 0.1) is 36.0 Å². The number of benzene rings is 2. The van der Waals surface area contributed by atoms with E-state index in [2.05, 4.69) is 4.18 Å². The Morgan fingerprint density at radius 1 is 0.864 bits per heavy atom. The van der Waals surface area contributed by atoms with E-state index in [0.29, 0.717) is 5.56 Å². The Bertz CT molecular complexity index is 820. The number of hydrogen-bond donors (Lipinski definition) is 0. The van der Waals surface area contributed by atoms with Gasteiger partial charge in [0.2, 0.25) is 34.8 Å². The maximum absolute atomic E-state index is 13.4. The van der Waals surface area contributed by atoms with Gasteiger partial charge in [0.15, 0.2) is 0 Å². The van der Waals surface area contributed by atoms with Crippen molar-refractivity contribution >= 4 is 10.1 Å². The van der Waals surface area contributed by atoms with Crippen LogP contribution in [-0.4, -0.2) is 8.42 Å². The SMILES string of the molecule is Cc1cccc(S(=O)(=O)Oc2c(F)c(F)c(F)c(F)c2F)c1. The summed E-state index contributed by atoms with van der Waals surface area (Å²) < 4.78 is 93.6. The molecule has 0 aliphatic rings. The van der Waals surface area contributed by atoms with Crippen LogP contribution in [0.1, 0.15) is 5.56 Å². The van der Waals surface area contributed by atoms with E-state index in [9.17, 15) is 30.4 Å². The lowest BCUT2D eigenvalue weighted by molar-refractivity contribution is 0.346. The predicted molar refractivity (Wildman–Crippen MR) is 65.2 cm³/mol. The van der Waals surface area contributed by atoms with Crippen LogP contribution in [0.2, 0.25) is 0 Å². The summed E-state index contributed by atoms with van der Waals surface area (Å²) in [5.74, 6) is -13.6.